The normalized spacial score (nSPS) is 14.8. The average molecular weight is 445 g/mol. The summed E-state index contributed by atoms with van der Waals surface area (Å²) in [5, 5.41) is 10.4. The molecule has 1 aliphatic rings. The number of rotatable bonds is 3. The van der Waals surface area contributed by atoms with Gasteiger partial charge < -0.3 is 9.84 Å². The highest BCUT2D eigenvalue weighted by molar-refractivity contribution is 14.1. The van der Waals surface area contributed by atoms with Crippen molar-refractivity contribution in [1.82, 2.24) is 0 Å². The first-order chi connectivity index (χ1) is 9.63. The van der Waals surface area contributed by atoms with Crippen LogP contribution in [0.4, 0.5) is 0 Å². The lowest BCUT2D eigenvalue weighted by Gasteiger charge is -2.14. The van der Waals surface area contributed by atoms with Crippen molar-refractivity contribution in [2.75, 3.05) is 6.61 Å². The Morgan fingerprint density at radius 1 is 1.25 bits per heavy atom. The Labute approximate surface area is 140 Å². The molecule has 1 heterocycles. The van der Waals surface area contributed by atoms with Gasteiger partial charge in [0.2, 0.25) is 0 Å². The number of fused-ring (bicyclic) bond motifs is 1. The first kappa shape index (κ1) is 14.4. The van der Waals surface area contributed by atoms with Crippen LogP contribution in [0, 0.1) is 3.57 Å². The molecule has 0 bridgehead atoms. The molecule has 2 nitrogen and oxygen atoms in total. The number of benzene rings is 2. The summed E-state index contributed by atoms with van der Waals surface area (Å²) in [6.45, 7) is 0.735. The summed E-state index contributed by atoms with van der Waals surface area (Å²) >= 11 is 5.80. The molecule has 0 saturated heterocycles. The summed E-state index contributed by atoms with van der Waals surface area (Å²) in [6.07, 6.45) is 1.01. The quantitative estimate of drug-likeness (QED) is 0.716. The maximum atomic E-state index is 10.4. The van der Waals surface area contributed by atoms with Gasteiger partial charge in [-0.15, -0.1) is 0 Å². The molecule has 0 aromatic heterocycles. The largest absolute Gasteiger partial charge is 0.493 e. The number of ether oxygens (including phenoxy) is 1. The minimum atomic E-state index is -0.505. The van der Waals surface area contributed by atoms with Crippen molar-refractivity contribution in [1.29, 1.82) is 0 Å². The van der Waals surface area contributed by atoms with Crippen molar-refractivity contribution in [3.63, 3.8) is 0 Å². The summed E-state index contributed by atoms with van der Waals surface area (Å²) in [4.78, 5) is 0. The van der Waals surface area contributed by atoms with Crippen molar-refractivity contribution >= 4 is 38.5 Å². The van der Waals surface area contributed by atoms with Crippen LogP contribution in [-0.2, 0) is 12.8 Å². The van der Waals surface area contributed by atoms with Gasteiger partial charge in [-0.3, -0.25) is 0 Å². The van der Waals surface area contributed by atoms with Crippen LogP contribution in [0.25, 0.3) is 0 Å². The van der Waals surface area contributed by atoms with Gasteiger partial charge >= 0.3 is 0 Å². The fourth-order valence-corrected chi connectivity index (χ4v) is 3.42. The molecule has 1 atom stereocenters. The second kappa shape index (κ2) is 6.03. The molecular formula is C16H14BrIO2. The highest BCUT2D eigenvalue weighted by Crippen LogP contribution is 2.35. The number of hydrogen-bond acceptors (Lipinski definition) is 2. The molecule has 0 fully saturated rings. The SMILES string of the molecule is OC(Cc1cc(Br)cc2c1OCC2)c1ccc(I)cc1. The van der Waals surface area contributed by atoms with E-state index in [0.29, 0.717) is 6.42 Å². The first-order valence-electron chi connectivity index (χ1n) is 6.51. The Balaban J connectivity index is 1.86. The van der Waals surface area contributed by atoms with Crippen molar-refractivity contribution in [2.24, 2.45) is 0 Å². The molecule has 1 unspecified atom stereocenters. The zero-order valence-electron chi connectivity index (χ0n) is 10.8. The first-order valence-corrected chi connectivity index (χ1v) is 8.38. The molecule has 4 heteroatoms. The third-order valence-electron chi connectivity index (χ3n) is 3.49. The number of aliphatic hydroxyl groups excluding tert-OH is 1. The molecule has 2 aromatic carbocycles. The van der Waals surface area contributed by atoms with E-state index in [1.165, 1.54) is 9.13 Å². The minimum Gasteiger partial charge on any atom is -0.493 e. The third kappa shape index (κ3) is 3.02. The van der Waals surface area contributed by atoms with Crippen LogP contribution in [0.3, 0.4) is 0 Å². The molecule has 20 heavy (non-hydrogen) atoms. The second-order valence-corrected chi connectivity index (χ2v) is 7.08. The molecule has 104 valence electrons. The fraction of sp³-hybridized carbons (Fsp3) is 0.250. The van der Waals surface area contributed by atoms with E-state index in [1.54, 1.807) is 0 Å². The van der Waals surface area contributed by atoms with Crippen LogP contribution in [0.2, 0.25) is 0 Å². The predicted octanol–water partition coefficient (Wildman–Crippen LogP) is 4.26. The Bertz CT molecular complexity index is 625. The summed E-state index contributed by atoms with van der Waals surface area (Å²) in [6, 6.07) is 12.1. The van der Waals surface area contributed by atoms with Crippen molar-refractivity contribution in [3.05, 3.63) is 61.1 Å². The van der Waals surface area contributed by atoms with Gasteiger partial charge in [0.1, 0.15) is 5.75 Å². The monoisotopic (exact) mass is 444 g/mol. The zero-order valence-corrected chi connectivity index (χ0v) is 14.5. The van der Waals surface area contributed by atoms with Crippen molar-refractivity contribution in [3.8, 4) is 5.75 Å². The Hall–Kier alpha value is -0.590. The van der Waals surface area contributed by atoms with Gasteiger partial charge in [-0.1, -0.05) is 28.1 Å². The predicted molar refractivity (Wildman–Crippen MR) is 91.2 cm³/mol. The van der Waals surface area contributed by atoms with Gasteiger partial charge in [0.05, 0.1) is 12.7 Å². The lowest BCUT2D eigenvalue weighted by Crippen LogP contribution is -2.03. The van der Waals surface area contributed by atoms with E-state index >= 15 is 0 Å². The molecule has 2 aromatic rings. The van der Waals surface area contributed by atoms with Gasteiger partial charge in [0.15, 0.2) is 0 Å². The molecular weight excluding hydrogens is 431 g/mol. The average Bonchev–Trinajstić information content (AvgIpc) is 2.87. The van der Waals surface area contributed by atoms with Crippen molar-refractivity contribution < 1.29 is 9.84 Å². The zero-order chi connectivity index (χ0) is 14.1. The van der Waals surface area contributed by atoms with Gasteiger partial charge in [-0.05, 0) is 63.5 Å². The minimum absolute atomic E-state index is 0.505. The van der Waals surface area contributed by atoms with E-state index in [1.807, 2.05) is 30.3 Å². The second-order valence-electron chi connectivity index (χ2n) is 4.92. The number of halogens is 2. The molecule has 0 radical (unpaired) electrons. The van der Waals surface area contributed by atoms with E-state index in [9.17, 15) is 5.11 Å². The molecule has 0 saturated carbocycles. The molecule has 1 aliphatic heterocycles. The lowest BCUT2D eigenvalue weighted by atomic mass is 9.99. The van der Waals surface area contributed by atoms with Gasteiger partial charge in [-0.25, -0.2) is 0 Å². The highest BCUT2D eigenvalue weighted by Gasteiger charge is 2.20. The van der Waals surface area contributed by atoms with Crippen molar-refractivity contribution in [2.45, 2.75) is 18.9 Å². The van der Waals surface area contributed by atoms with Gasteiger partial charge in [0.25, 0.3) is 0 Å². The van der Waals surface area contributed by atoms with Gasteiger partial charge in [-0.2, -0.15) is 0 Å². The van der Waals surface area contributed by atoms with E-state index < -0.39 is 6.10 Å². The standard InChI is InChI=1S/C16H14BrIO2/c17-13-7-11-5-6-20-16(11)12(8-13)9-15(19)10-1-3-14(18)4-2-10/h1-4,7-8,15,19H,5-6,9H2. The van der Waals surface area contributed by atoms with Crippen LogP contribution in [0.5, 0.6) is 5.75 Å². The van der Waals surface area contributed by atoms with Crippen LogP contribution < -0.4 is 4.74 Å². The summed E-state index contributed by atoms with van der Waals surface area (Å²) in [5.41, 5.74) is 3.24. The van der Waals surface area contributed by atoms with E-state index in [-0.39, 0.29) is 0 Å². The topological polar surface area (TPSA) is 29.5 Å². The van der Waals surface area contributed by atoms with E-state index in [4.69, 9.17) is 4.74 Å². The summed E-state index contributed by atoms with van der Waals surface area (Å²) in [5.74, 6) is 0.956. The van der Waals surface area contributed by atoms with Gasteiger partial charge in [0, 0.05) is 20.9 Å². The molecule has 3 rings (SSSR count). The fourth-order valence-electron chi connectivity index (χ4n) is 2.51. The van der Waals surface area contributed by atoms with E-state index in [2.05, 4.69) is 44.6 Å². The third-order valence-corrected chi connectivity index (χ3v) is 4.67. The Kier molecular flexibility index (Phi) is 4.33. The highest BCUT2D eigenvalue weighted by atomic mass is 127. The Morgan fingerprint density at radius 3 is 2.75 bits per heavy atom. The molecule has 0 spiro atoms. The van der Waals surface area contributed by atoms with Crippen LogP contribution in [-0.4, -0.2) is 11.7 Å². The summed E-state index contributed by atoms with van der Waals surface area (Å²) < 4.78 is 7.93. The molecule has 0 aliphatic carbocycles. The Morgan fingerprint density at radius 2 is 2.00 bits per heavy atom. The molecule has 0 amide bonds. The maximum Gasteiger partial charge on any atom is 0.125 e. The van der Waals surface area contributed by atoms with Crippen LogP contribution in [0.15, 0.2) is 40.9 Å². The molecule has 1 N–H and O–H groups in total. The maximum absolute atomic E-state index is 10.4. The number of aliphatic hydroxyl groups is 1. The number of hydrogen-bond donors (Lipinski definition) is 1. The van der Waals surface area contributed by atoms with E-state index in [0.717, 1.165) is 34.4 Å². The smallest absolute Gasteiger partial charge is 0.125 e. The van der Waals surface area contributed by atoms with Crippen LogP contribution >= 0.6 is 38.5 Å². The van der Waals surface area contributed by atoms with Crippen LogP contribution in [0.1, 0.15) is 22.8 Å². The summed E-state index contributed by atoms with van der Waals surface area (Å²) in [7, 11) is 0. The lowest BCUT2D eigenvalue weighted by molar-refractivity contribution is 0.177.